The summed E-state index contributed by atoms with van der Waals surface area (Å²) in [5.74, 6) is 0.0514. The molecule has 1 saturated heterocycles. The Bertz CT molecular complexity index is 1120. The van der Waals surface area contributed by atoms with E-state index >= 15 is 0 Å². The molecule has 170 valence electrons. The van der Waals surface area contributed by atoms with Gasteiger partial charge in [-0.2, -0.15) is 4.31 Å². The van der Waals surface area contributed by atoms with Crippen molar-refractivity contribution < 1.29 is 17.9 Å². The van der Waals surface area contributed by atoms with Crippen LogP contribution in [0.1, 0.15) is 37.6 Å². The monoisotopic (exact) mass is 449 g/mol. The number of sulfonamides is 1. The number of aryl methyl sites for hydroxylation is 1. The number of nitrogens with zero attached hydrogens (tertiary/aromatic N) is 2. The molecule has 1 amide bonds. The van der Waals surface area contributed by atoms with Gasteiger partial charge in [0.1, 0.15) is 5.56 Å². The second kappa shape index (κ2) is 9.50. The summed E-state index contributed by atoms with van der Waals surface area (Å²) in [7, 11) is -2.21. The number of amides is 1. The highest BCUT2D eigenvalue weighted by Gasteiger charge is 2.32. The van der Waals surface area contributed by atoms with Gasteiger partial charge in [-0.05, 0) is 43.4 Å². The highest BCUT2D eigenvalue weighted by molar-refractivity contribution is 7.89. The smallest absolute Gasteiger partial charge is 0.256 e. The number of rotatable bonds is 7. The van der Waals surface area contributed by atoms with Crippen molar-refractivity contribution in [1.29, 1.82) is 0 Å². The number of piperidine rings is 1. The minimum absolute atomic E-state index is 0.0137. The van der Waals surface area contributed by atoms with Gasteiger partial charge in [0.15, 0.2) is 0 Å². The van der Waals surface area contributed by atoms with Crippen LogP contribution in [0.4, 0.5) is 0 Å². The van der Waals surface area contributed by atoms with Gasteiger partial charge >= 0.3 is 0 Å². The molecule has 0 spiro atoms. The lowest BCUT2D eigenvalue weighted by atomic mass is 9.94. The molecule has 0 saturated carbocycles. The Morgan fingerprint density at radius 2 is 1.90 bits per heavy atom. The van der Waals surface area contributed by atoms with Crippen LogP contribution in [0.5, 0.6) is 0 Å². The zero-order valence-electron chi connectivity index (χ0n) is 18.6. The maximum Gasteiger partial charge on any atom is 0.256 e. The summed E-state index contributed by atoms with van der Waals surface area (Å²) in [4.78, 5) is 25.7. The maximum absolute atomic E-state index is 13.3. The molecule has 1 aliphatic rings. The average Bonchev–Trinajstić information content (AvgIpc) is 2.73. The number of aromatic nitrogens is 1. The molecule has 2 heterocycles. The summed E-state index contributed by atoms with van der Waals surface area (Å²) in [6.45, 7) is 8.06. The van der Waals surface area contributed by atoms with Crippen LogP contribution < -0.4 is 10.7 Å². The van der Waals surface area contributed by atoms with E-state index in [9.17, 15) is 18.0 Å². The van der Waals surface area contributed by atoms with Crippen molar-refractivity contribution in [3.05, 3.63) is 40.2 Å². The molecule has 2 aromatic rings. The van der Waals surface area contributed by atoms with Crippen LogP contribution in [0, 0.1) is 11.8 Å². The third-order valence-electron chi connectivity index (χ3n) is 5.70. The zero-order chi connectivity index (χ0) is 22.8. The molecule has 1 fully saturated rings. The first kappa shape index (κ1) is 23.4. The van der Waals surface area contributed by atoms with Crippen LogP contribution in [-0.2, 0) is 21.3 Å². The molecule has 9 heteroatoms. The molecule has 0 bridgehead atoms. The normalized spacial score (nSPS) is 20.1. The first-order valence-electron chi connectivity index (χ1n) is 10.6. The Labute approximate surface area is 183 Å². The Morgan fingerprint density at radius 1 is 1.23 bits per heavy atom. The van der Waals surface area contributed by atoms with Crippen molar-refractivity contribution in [1.82, 2.24) is 14.2 Å². The van der Waals surface area contributed by atoms with Gasteiger partial charge < -0.3 is 14.6 Å². The molecule has 0 unspecified atom stereocenters. The van der Waals surface area contributed by atoms with Crippen molar-refractivity contribution in [2.24, 2.45) is 11.8 Å². The Kier molecular flexibility index (Phi) is 7.18. The molecule has 0 aliphatic carbocycles. The van der Waals surface area contributed by atoms with Crippen LogP contribution in [0.25, 0.3) is 10.9 Å². The van der Waals surface area contributed by atoms with Crippen molar-refractivity contribution in [3.63, 3.8) is 0 Å². The number of hydrogen-bond donors (Lipinski definition) is 1. The van der Waals surface area contributed by atoms with Crippen LogP contribution in [-0.4, -0.2) is 56.5 Å². The van der Waals surface area contributed by atoms with Gasteiger partial charge in [-0.3, -0.25) is 9.59 Å². The lowest BCUT2D eigenvalue weighted by Crippen LogP contribution is -2.42. The average molecular weight is 450 g/mol. The summed E-state index contributed by atoms with van der Waals surface area (Å²) >= 11 is 0. The van der Waals surface area contributed by atoms with E-state index in [0.717, 1.165) is 6.42 Å². The fraction of sp³-hybridized carbons (Fsp3) is 0.545. The number of ether oxygens (including phenoxy) is 1. The van der Waals surface area contributed by atoms with Gasteiger partial charge in [-0.1, -0.05) is 13.8 Å². The number of benzene rings is 1. The van der Waals surface area contributed by atoms with Crippen LogP contribution in [0.2, 0.25) is 0 Å². The van der Waals surface area contributed by atoms with Crippen LogP contribution in [0.15, 0.2) is 34.1 Å². The number of carbonyl (C=O) groups excluding carboxylic acids is 1. The molecule has 3 rings (SSSR count). The molecule has 1 aromatic heterocycles. The summed E-state index contributed by atoms with van der Waals surface area (Å²) in [5.41, 5.74) is 0.104. The summed E-state index contributed by atoms with van der Waals surface area (Å²) in [6, 6.07) is 4.61. The highest BCUT2D eigenvalue weighted by atomic mass is 32.2. The maximum atomic E-state index is 13.3. The molecule has 1 aromatic carbocycles. The molecule has 1 N–H and O–H groups in total. The Balaban J connectivity index is 2.07. The first-order valence-corrected chi connectivity index (χ1v) is 12.1. The number of carbonyl (C=O) groups is 1. The molecular weight excluding hydrogens is 418 g/mol. The SMILES string of the molecule is CCn1cc(C(=O)NCCOC)c(=O)c2cc(S(=O)(=O)N3C[C@H](C)C[C@@H](C)C3)ccc21. The van der Waals surface area contributed by atoms with E-state index in [2.05, 4.69) is 5.32 Å². The fourth-order valence-electron chi connectivity index (χ4n) is 4.27. The van der Waals surface area contributed by atoms with Gasteiger partial charge in [-0.15, -0.1) is 0 Å². The van der Waals surface area contributed by atoms with E-state index in [1.54, 1.807) is 16.7 Å². The van der Waals surface area contributed by atoms with Crippen LogP contribution >= 0.6 is 0 Å². The second-order valence-corrected chi connectivity index (χ2v) is 10.3. The Hall–Kier alpha value is -2.23. The van der Waals surface area contributed by atoms with Gasteiger partial charge in [0.2, 0.25) is 15.5 Å². The standard InChI is InChI=1S/C22H31N3O5S/c1-5-24-14-19(22(27)23-8-9-30-4)21(26)18-11-17(6-7-20(18)24)31(28,29)25-12-15(2)10-16(3)13-25/h6-7,11,14-16H,5,8-10,12-13H2,1-4H3,(H,23,27)/t15-,16-/m1/s1. The molecule has 31 heavy (non-hydrogen) atoms. The van der Waals surface area contributed by atoms with Crippen LogP contribution in [0.3, 0.4) is 0 Å². The predicted octanol–water partition coefficient (Wildman–Crippen LogP) is 2.06. The zero-order valence-corrected chi connectivity index (χ0v) is 19.4. The van der Waals surface area contributed by atoms with E-state index in [4.69, 9.17) is 4.74 Å². The van der Waals surface area contributed by atoms with Crippen molar-refractivity contribution in [3.8, 4) is 0 Å². The lowest BCUT2D eigenvalue weighted by molar-refractivity contribution is 0.0935. The van der Waals surface area contributed by atoms with Gasteiger partial charge in [-0.25, -0.2) is 8.42 Å². The second-order valence-electron chi connectivity index (χ2n) is 8.35. The number of hydrogen-bond acceptors (Lipinski definition) is 5. The highest BCUT2D eigenvalue weighted by Crippen LogP contribution is 2.28. The lowest BCUT2D eigenvalue weighted by Gasteiger charge is -2.34. The summed E-state index contributed by atoms with van der Waals surface area (Å²) in [6.07, 6.45) is 2.52. The van der Waals surface area contributed by atoms with E-state index in [1.807, 2.05) is 20.8 Å². The quantitative estimate of drug-likeness (QED) is 0.653. The van der Waals surface area contributed by atoms with E-state index < -0.39 is 21.4 Å². The van der Waals surface area contributed by atoms with E-state index in [0.29, 0.717) is 31.8 Å². The summed E-state index contributed by atoms with van der Waals surface area (Å²) in [5, 5.41) is 2.88. The van der Waals surface area contributed by atoms with Gasteiger partial charge in [0.25, 0.3) is 5.91 Å². The van der Waals surface area contributed by atoms with Crippen molar-refractivity contribution in [2.45, 2.75) is 38.6 Å². The van der Waals surface area contributed by atoms with Gasteiger partial charge in [0.05, 0.1) is 17.0 Å². The number of nitrogens with one attached hydrogen (secondary N) is 1. The van der Waals surface area contributed by atoms with Gasteiger partial charge in [0, 0.05) is 44.9 Å². The number of pyridine rings is 1. The Morgan fingerprint density at radius 3 is 2.52 bits per heavy atom. The third kappa shape index (κ3) is 4.83. The minimum atomic E-state index is -3.74. The topological polar surface area (TPSA) is 97.7 Å². The van der Waals surface area contributed by atoms with E-state index in [1.165, 1.54) is 23.7 Å². The predicted molar refractivity (Wildman–Crippen MR) is 120 cm³/mol. The first-order chi connectivity index (χ1) is 14.7. The summed E-state index contributed by atoms with van der Waals surface area (Å²) < 4.78 is 34.8. The molecule has 1 aliphatic heterocycles. The largest absolute Gasteiger partial charge is 0.383 e. The molecule has 0 radical (unpaired) electrons. The molecule has 2 atom stereocenters. The molecule has 8 nitrogen and oxygen atoms in total. The van der Waals surface area contributed by atoms with Crippen molar-refractivity contribution >= 4 is 26.8 Å². The fourth-order valence-corrected chi connectivity index (χ4v) is 5.98. The molecular formula is C22H31N3O5S. The van der Waals surface area contributed by atoms with E-state index in [-0.39, 0.29) is 34.2 Å². The minimum Gasteiger partial charge on any atom is -0.383 e. The third-order valence-corrected chi connectivity index (χ3v) is 7.53. The number of methoxy groups -OCH3 is 1. The number of fused-ring (bicyclic) bond motifs is 1. The van der Waals surface area contributed by atoms with Crippen molar-refractivity contribution in [2.75, 3.05) is 33.4 Å².